The Morgan fingerprint density at radius 2 is 1.61 bits per heavy atom. The Kier molecular flexibility index (Phi) is 2.62. The minimum absolute atomic E-state index is 0.114. The fraction of sp³-hybridized carbons (Fsp3) is 0.389. The van der Waals surface area contributed by atoms with Crippen molar-refractivity contribution in [1.82, 2.24) is 5.01 Å². The molecule has 4 nitrogen and oxygen atoms in total. The van der Waals surface area contributed by atoms with Crippen LogP contribution in [0.1, 0.15) is 18.4 Å². The number of amides is 2. The van der Waals surface area contributed by atoms with Crippen molar-refractivity contribution >= 4 is 34.0 Å². The number of carbonyl (C=O) groups excluding carboxylic acids is 2. The molecular formula is C18H15BrN2O2. The van der Waals surface area contributed by atoms with Crippen molar-refractivity contribution in [2.75, 3.05) is 0 Å². The second kappa shape index (κ2) is 4.41. The molecule has 1 spiro atoms. The Morgan fingerprint density at radius 3 is 2.13 bits per heavy atom. The van der Waals surface area contributed by atoms with Gasteiger partial charge in [-0.1, -0.05) is 40.2 Å². The van der Waals surface area contributed by atoms with Crippen molar-refractivity contribution in [2.45, 2.75) is 12.8 Å². The first kappa shape index (κ1) is 13.7. The van der Waals surface area contributed by atoms with Crippen LogP contribution in [0.3, 0.4) is 0 Å². The van der Waals surface area contributed by atoms with Crippen molar-refractivity contribution in [3.8, 4) is 0 Å². The van der Waals surface area contributed by atoms with E-state index in [9.17, 15) is 9.59 Å². The van der Waals surface area contributed by atoms with Gasteiger partial charge in [0.25, 0.3) is 11.8 Å². The molecular weight excluding hydrogens is 356 g/mol. The van der Waals surface area contributed by atoms with Crippen molar-refractivity contribution < 1.29 is 9.59 Å². The van der Waals surface area contributed by atoms with Gasteiger partial charge in [0, 0.05) is 4.47 Å². The van der Waals surface area contributed by atoms with Crippen LogP contribution in [0.5, 0.6) is 0 Å². The number of hydrogen-bond donors (Lipinski definition) is 0. The summed E-state index contributed by atoms with van der Waals surface area (Å²) in [7, 11) is 0. The lowest BCUT2D eigenvalue weighted by Gasteiger charge is -2.18. The van der Waals surface area contributed by atoms with Gasteiger partial charge < -0.3 is 0 Å². The van der Waals surface area contributed by atoms with E-state index < -0.39 is 0 Å². The van der Waals surface area contributed by atoms with Gasteiger partial charge in [-0.2, -0.15) is 10.1 Å². The molecule has 0 aromatic heterocycles. The first-order chi connectivity index (χ1) is 11.1. The third-order valence-corrected chi connectivity index (χ3v) is 6.55. The number of imide groups is 1. The minimum atomic E-state index is -0.179. The van der Waals surface area contributed by atoms with Gasteiger partial charge in [-0.3, -0.25) is 9.59 Å². The quantitative estimate of drug-likeness (QED) is 0.456. The molecule has 5 rings (SSSR count). The van der Waals surface area contributed by atoms with Gasteiger partial charge >= 0.3 is 0 Å². The van der Waals surface area contributed by atoms with Crippen molar-refractivity contribution in [3.05, 3.63) is 46.5 Å². The number of fused-ring (bicyclic) bond motifs is 3. The number of carbonyl (C=O) groups is 2. The van der Waals surface area contributed by atoms with Gasteiger partial charge in [0.1, 0.15) is 0 Å². The highest BCUT2D eigenvalue weighted by molar-refractivity contribution is 9.10. The third-order valence-electron chi connectivity index (χ3n) is 6.02. The Labute approximate surface area is 142 Å². The lowest BCUT2D eigenvalue weighted by atomic mass is 9.85. The summed E-state index contributed by atoms with van der Waals surface area (Å²) in [5, 5.41) is 5.31. The molecule has 3 aliphatic carbocycles. The third kappa shape index (κ3) is 1.69. The van der Waals surface area contributed by atoms with E-state index in [0.717, 1.165) is 27.9 Å². The number of rotatable bonds is 2. The Hall–Kier alpha value is -1.75. The number of hydrazone groups is 1. The van der Waals surface area contributed by atoms with Crippen LogP contribution in [0, 0.1) is 29.1 Å². The largest absolute Gasteiger partial charge is 0.272 e. The van der Waals surface area contributed by atoms with Crippen molar-refractivity contribution in [2.24, 2.45) is 34.2 Å². The van der Waals surface area contributed by atoms with Crippen LogP contribution >= 0.6 is 15.9 Å². The number of nitrogens with zero attached hydrogens (tertiary/aromatic N) is 2. The molecule has 4 aliphatic rings. The van der Waals surface area contributed by atoms with Crippen LogP contribution in [0.15, 0.2) is 46.0 Å². The molecule has 4 unspecified atom stereocenters. The summed E-state index contributed by atoms with van der Waals surface area (Å²) >= 11 is 3.38. The van der Waals surface area contributed by atoms with E-state index in [2.05, 4.69) is 33.2 Å². The maximum absolute atomic E-state index is 12.7. The van der Waals surface area contributed by atoms with E-state index in [1.807, 2.05) is 24.3 Å². The van der Waals surface area contributed by atoms with Gasteiger partial charge in [0.15, 0.2) is 0 Å². The second-order valence-electron chi connectivity index (χ2n) is 7.01. The zero-order valence-corrected chi connectivity index (χ0v) is 13.9. The zero-order valence-electron chi connectivity index (χ0n) is 12.4. The Morgan fingerprint density at radius 1 is 1.04 bits per heavy atom. The van der Waals surface area contributed by atoms with Crippen molar-refractivity contribution in [1.29, 1.82) is 0 Å². The lowest BCUT2D eigenvalue weighted by Crippen LogP contribution is -2.30. The molecule has 116 valence electrons. The smallest absolute Gasteiger partial charge is 0.254 e. The minimum Gasteiger partial charge on any atom is -0.272 e. The predicted molar refractivity (Wildman–Crippen MR) is 88.4 cm³/mol. The molecule has 1 heterocycles. The molecule has 1 saturated heterocycles. The number of benzene rings is 1. The van der Waals surface area contributed by atoms with E-state index in [4.69, 9.17) is 0 Å². The predicted octanol–water partition coefficient (Wildman–Crippen LogP) is 2.98. The molecule has 0 N–H and O–H groups in total. The topological polar surface area (TPSA) is 49.7 Å². The summed E-state index contributed by atoms with van der Waals surface area (Å²) < 4.78 is 0.981. The highest BCUT2D eigenvalue weighted by Crippen LogP contribution is 2.73. The average molecular weight is 371 g/mol. The molecule has 3 fully saturated rings. The van der Waals surface area contributed by atoms with Crippen molar-refractivity contribution in [3.63, 3.8) is 0 Å². The average Bonchev–Trinajstić information content (AvgIpc) is 3.15. The van der Waals surface area contributed by atoms with Crippen LogP contribution in [0.4, 0.5) is 0 Å². The Balaban J connectivity index is 1.43. The second-order valence-corrected chi connectivity index (χ2v) is 7.92. The SMILES string of the molecule is O=C1C2C(C(=O)N1/N=C\c1ccc(Br)cc1)C1C=CC2C12CC2. The molecule has 1 aromatic rings. The molecule has 2 amide bonds. The fourth-order valence-electron chi connectivity index (χ4n) is 4.85. The van der Waals surface area contributed by atoms with E-state index in [-0.39, 0.29) is 40.9 Å². The monoisotopic (exact) mass is 370 g/mol. The molecule has 1 aromatic carbocycles. The van der Waals surface area contributed by atoms with Crippen LogP contribution < -0.4 is 0 Å². The molecule has 5 heteroatoms. The van der Waals surface area contributed by atoms with Crippen LogP contribution in [-0.4, -0.2) is 23.0 Å². The molecule has 4 atom stereocenters. The number of allylic oxidation sites excluding steroid dienone is 2. The first-order valence-electron chi connectivity index (χ1n) is 7.97. The molecule has 0 radical (unpaired) electrons. The molecule has 2 bridgehead atoms. The van der Waals surface area contributed by atoms with Crippen LogP contribution in [0.25, 0.3) is 0 Å². The highest BCUT2D eigenvalue weighted by atomic mass is 79.9. The van der Waals surface area contributed by atoms with Gasteiger partial charge in [-0.05, 0) is 47.8 Å². The summed E-state index contributed by atoms with van der Waals surface area (Å²) in [6.07, 6.45) is 8.25. The lowest BCUT2D eigenvalue weighted by molar-refractivity contribution is -0.141. The summed E-state index contributed by atoms with van der Waals surface area (Å²) in [6, 6.07) is 7.60. The van der Waals surface area contributed by atoms with Gasteiger partial charge in [-0.15, -0.1) is 0 Å². The Bertz CT molecular complexity index is 745. The number of halogens is 1. The molecule has 23 heavy (non-hydrogen) atoms. The summed E-state index contributed by atoms with van der Waals surface area (Å²) in [5.74, 6) is -0.0826. The maximum Gasteiger partial charge on any atom is 0.254 e. The van der Waals surface area contributed by atoms with Crippen LogP contribution in [0.2, 0.25) is 0 Å². The summed E-state index contributed by atoms with van der Waals surface area (Å²) in [6.45, 7) is 0. The zero-order chi connectivity index (χ0) is 15.8. The first-order valence-corrected chi connectivity index (χ1v) is 8.77. The van der Waals surface area contributed by atoms with E-state index in [1.165, 1.54) is 0 Å². The maximum atomic E-state index is 12.7. The molecule has 2 saturated carbocycles. The van der Waals surface area contributed by atoms with Crippen LogP contribution in [-0.2, 0) is 9.59 Å². The van der Waals surface area contributed by atoms with Gasteiger partial charge in [0.2, 0.25) is 0 Å². The molecule has 1 aliphatic heterocycles. The van der Waals surface area contributed by atoms with E-state index in [0.29, 0.717) is 0 Å². The van der Waals surface area contributed by atoms with Gasteiger partial charge in [-0.25, -0.2) is 0 Å². The highest BCUT2D eigenvalue weighted by Gasteiger charge is 2.73. The van der Waals surface area contributed by atoms with E-state index in [1.54, 1.807) is 6.21 Å². The summed E-state index contributed by atoms with van der Waals surface area (Å²) in [4.78, 5) is 25.5. The van der Waals surface area contributed by atoms with Gasteiger partial charge in [0.05, 0.1) is 18.1 Å². The summed E-state index contributed by atoms with van der Waals surface area (Å²) in [5.41, 5.74) is 1.10. The van der Waals surface area contributed by atoms with E-state index >= 15 is 0 Å². The standard InChI is InChI=1S/C18H15BrN2O2/c19-11-3-1-10(2-4-11)9-20-21-16(22)14-12-5-6-13(15(14)17(21)23)18(12)7-8-18/h1-6,9,12-15H,7-8H2/b20-9-. The normalized spacial score (nSPS) is 35.8. The fourth-order valence-corrected chi connectivity index (χ4v) is 5.11. The number of hydrogen-bond acceptors (Lipinski definition) is 3.